The van der Waals surface area contributed by atoms with Crippen molar-refractivity contribution in [2.75, 3.05) is 0 Å². The third-order valence-electron chi connectivity index (χ3n) is 4.57. The maximum absolute atomic E-state index is 11.6. The monoisotopic (exact) mass is 220 g/mol. The van der Waals surface area contributed by atoms with Gasteiger partial charge in [-0.05, 0) is 57.3 Å². The van der Waals surface area contributed by atoms with Gasteiger partial charge in [0.05, 0.1) is 0 Å². The minimum Gasteiger partial charge on any atom is -0.299 e. The molecule has 0 bridgehead atoms. The van der Waals surface area contributed by atoms with Crippen molar-refractivity contribution in [1.29, 1.82) is 0 Å². The van der Waals surface area contributed by atoms with Gasteiger partial charge in [-0.15, -0.1) is 0 Å². The topological polar surface area (TPSA) is 17.1 Å². The van der Waals surface area contributed by atoms with Crippen molar-refractivity contribution >= 4 is 5.78 Å². The lowest BCUT2D eigenvalue weighted by atomic mass is 9.77. The quantitative estimate of drug-likeness (QED) is 0.654. The number of hydrogen-bond donors (Lipinski definition) is 0. The van der Waals surface area contributed by atoms with Crippen molar-refractivity contribution in [1.82, 2.24) is 0 Å². The molecule has 2 aliphatic rings. The molecule has 0 aliphatic heterocycles. The lowest BCUT2D eigenvalue weighted by Gasteiger charge is -2.28. The summed E-state index contributed by atoms with van der Waals surface area (Å²) in [5.74, 6) is 2.50. The normalized spacial score (nSPS) is 32.6. The van der Waals surface area contributed by atoms with Crippen LogP contribution in [0.1, 0.15) is 58.8 Å². The molecule has 0 N–H and O–H groups in total. The van der Waals surface area contributed by atoms with E-state index in [9.17, 15) is 4.79 Å². The second kappa shape index (κ2) is 5.16. The Balaban J connectivity index is 1.83. The first-order valence-electron chi connectivity index (χ1n) is 6.85. The Morgan fingerprint density at radius 1 is 1.38 bits per heavy atom. The van der Waals surface area contributed by atoms with Gasteiger partial charge in [0.2, 0.25) is 0 Å². The van der Waals surface area contributed by atoms with Crippen molar-refractivity contribution in [3.63, 3.8) is 0 Å². The maximum atomic E-state index is 11.6. The third kappa shape index (κ3) is 2.75. The van der Waals surface area contributed by atoms with E-state index in [1.807, 2.05) is 0 Å². The minimum absolute atomic E-state index is 0.405. The molecule has 2 aliphatic carbocycles. The number of allylic oxidation sites excluding steroid dienone is 2. The van der Waals surface area contributed by atoms with Gasteiger partial charge in [0, 0.05) is 12.3 Å². The molecule has 90 valence electrons. The van der Waals surface area contributed by atoms with Gasteiger partial charge in [-0.3, -0.25) is 4.79 Å². The summed E-state index contributed by atoms with van der Waals surface area (Å²) >= 11 is 0. The van der Waals surface area contributed by atoms with Gasteiger partial charge in [0.1, 0.15) is 5.78 Å². The maximum Gasteiger partial charge on any atom is 0.135 e. The Hall–Kier alpha value is -0.590. The first kappa shape index (κ1) is 11.9. The first-order chi connectivity index (χ1) is 7.66. The summed E-state index contributed by atoms with van der Waals surface area (Å²) in [5.41, 5.74) is 1.56. The second-order valence-electron chi connectivity index (χ2n) is 5.85. The zero-order valence-corrected chi connectivity index (χ0v) is 10.7. The summed E-state index contributed by atoms with van der Waals surface area (Å²) in [5, 5.41) is 0. The van der Waals surface area contributed by atoms with Crippen LogP contribution >= 0.6 is 0 Å². The highest BCUT2D eigenvalue weighted by Gasteiger charge is 2.28. The second-order valence-corrected chi connectivity index (χ2v) is 5.85. The molecule has 0 aromatic rings. The molecule has 1 saturated carbocycles. The van der Waals surface area contributed by atoms with Crippen LogP contribution < -0.4 is 0 Å². The number of Topliss-reactive ketones (excluding diaryl/α,β-unsaturated/α-hetero) is 1. The van der Waals surface area contributed by atoms with E-state index in [2.05, 4.69) is 19.9 Å². The molecule has 2 rings (SSSR count). The van der Waals surface area contributed by atoms with Gasteiger partial charge in [-0.25, -0.2) is 0 Å². The molecule has 1 unspecified atom stereocenters. The zero-order chi connectivity index (χ0) is 11.5. The lowest BCUT2D eigenvalue weighted by Crippen LogP contribution is -2.19. The van der Waals surface area contributed by atoms with E-state index in [1.54, 1.807) is 5.57 Å². The van der Waals surface area contributed by atoms with Crippen molar-refractivity contribution in [2.24, 2.45) is 17.8 Å². The summed E-state index contributed by atoms with van der Waals surface area (Å²) < 4.78 is 0. The fraction of sp³-hybridized carbons (Fsp3) is 0.800. The van der Waals surface area contributed by atoms with E-state index in [0.717, 1.165) is 37.5 Å². The van der Waals surface area contributed by atoms with Crippen LogP contribution in [0, 0.1) is 17.8 Å². The molecular weight excluding hydrogens is 196 g/mol. The molecule has 1 nitrogen and oxygen atoms in total. The van der Waals surface area contributed by atoms with Crippen LogP contribution in [0.5, 0.6) is 0 Å². The first-order valence-corrected chi connectivity index (χ1v) is 6.85. The lowest BCUT2D eigenvalue weighted by molar-refractivity contribution is -0.121. The number of carbonyl (C=O) groups is 1. The van der Waals surface area contributed by atoms with Gasteiger partial charge < -0.3 is 0 Å². The van der Waals surface area contributed by atoms with Gasteiger partial charge in [0.15, 0.2) is 0 Å². The van der Waals surface area contributed by atoms with Crippen molar-refractivity contribution < 1.29 is 4.79 Å². The molecule has 0 aromatic heterocycles. The molecule has 0 aromatic carbocycles. The van der Waals surface area contributed by atoms with Crippen LogP contribution in [-0.2, 0) is 4.79 Å². The van der Waals surface area contributed by atoms with E-state index in [1.165, 1.54) is 19.3 Å². The van der Waals surface area contributed by atoms with Gasteiger partial charge in [-0.2, -0.15) is 0 Å². The molecule has 0 amide bonds. The highest BCUT2D eigenvalue weighted by molar-refractivity contribution is 5.82. The van der Waals surface area contributed by atoms with Gasteiger partial charge in [-0.1, -0.05) is 18.6 Å². The average Bonchev–Trinajstić information content (AvgIpc) is 2.65. The van der Waals surface area contributed by atoms with Crippen LogP contribution in [0.25, 0.3) is 0 Å². The Labute approximate surface area is 99.3 Å². The van der Waals surface area contributed by atoms with Crippen LogP contribution in [0.15, 0.2) is 11.6 Å². The van der Waals surface area contributed by atoms with Crippen LogP contribution in [0.4, 0.5) is 0 Å². The Morgan fingerprint density at radius 3 is 2.75 bits per heavy atom. The summed E-state index contributed by atoms with van der Waals surface area (Å²) in [6.45, 7) is 4.59. The number of carbonyl (C=O) groups excluding carboxylic acids is 1. The average molecular weight is 220 g/mol. The van der Waals surface area contributed by atoms with Crippen LogP contribution in [-0.4, -0.2) is 5.78 Å². The molecule has 16 heavy (non-hydrogen) atoms. The zero-order valence-electron chi connectivity index (χ0n) is 10.7. The molecule has 1 fully saturated rings. The van der Waals surface area contributed by atoms with E-state index in [4.69, 9.17) is 0 Å². The van der Waals surface area contributed by atoms with Gasteiger partial charge >= 0.3 is 0 Å². The predicted octanol–water partition coefficient (Wildman–Crippen LogP) is 4.13. The van der Waals surface area contributed by atoms with E-state index in [-0.39, 0.29) is 0 Å². The van der Waals surface area contributed by atoms with Crippen molar-refractivity contribution in [3.8, 4) is 0 Å². The Kier molecular flexibility index (Phi) is 3.83. The molecule has 0 radical (unpaired) electrons. The number of hydrogen-bond acceptors (Lipinski definition) is 1. The highest BCUT2D eigenvalue weighted by atomic mass is 16.1. The van der Waals surface area contributed by atoms with Crippen LogP contribution in [0.3, 0.4) is 0 Å². The Morgan fingerprint density at radius 2 is 2.19 bits per heavy atom. The minimum atomic E-state index is 0.405. The number of rotatable bonds is 3. The Bertz CT molecular complexity index is 290. The molecule has 0 saturated heterocycles. The molecule has 3 atom stereocenters. The van der Waals surface area contributed by atoms with Crippen LogP contribution in [0.2, 0.25) is 0 Å². The third-order valence-corrected chi connectivity index (χ3v) is 4.57. The SMILES string of the molecule is CC1=CC[C@H](C(C)C[C@@H]2CCCC2=O)CC1. The fourth-order valence-corrected chi connectivity index (χ4v) is 3.28. The molecule has 0 spiro atoms. The number of ketones is 1. The molecule has 0 heterocycles. The smallest absolute Gasteiger partial charge is 0.135 e. The predicted molar refractivity (Wildman–Crippen MR) is 67.2 cm³/mol. The fourth-order valence-electron chi connectivity index (χ4n) is 3.28. The molecule has 1 heteroatoms. The van der Waals surface area contributed by atoms with E-state index in [0.29, 0.717) is 11.7 Å². The summed E-state index contributed by atoms with van der Waals surface area (Å²) in [6, 6.07) is 0. The summed E-state index contributed by atoms with van der Waals surface area (Å²) in [6.07, 6.45) is 10.6. The van der Waals surface area contributed by atoms with Crippen molar-refractivity contribution in [3.05, 3.63) is 11.6 Å². The largest absolute Gasteiger partial charge is 0.299 e. The molecular formula is C15H24O. The highest BCUT2D eigenvalue weighted by Crippen LogP contribution is 2.35. The van der Waals surface area contributed by atoms with Gasteiger partial charge in [0.25, 0.3) is 0 Å². The van der Waals surface area contributed by atoms with E-state index >= 15 is 0 Å². The van der Waals surface area contributed by atoms with E-state index < -0.39 is 0 Å². The summed E-state index contributed by atoms with van der Waals surface area (Å²) in [4.78, 5) is 11.6. The standard InChI is InChI=1S/C15H24O/c1-11-6-8-13(9-7-11)12(2)10-14-4-3-5-15(14)16/h6,12-14H,3-5,7-10H2,1-2H3/t12?,13-,14-/m0/s1. The summed E-state index contributed by atoms with van der Waals surface area (Å²) in [7, 11) is 0. The van der Waals surface area contributed by atoms with Crippen molar-refractivity contribution in [2.45, 2.75) is 58.8 Å².